The summed E-state index contributed by atoms with van der Waals surface area (Å²) in [4.78, 5) is 9.06. The Kier molecular flexibility index (Phi) is 4.39. The minimum atomic E-state index is 0.867. The Morgan fingerprint density at radius 2 is 1.94 bits per heavy atom. The van der Waals surface area contributed by atoms with Gasteiger partial charge in [0.05, 0.1) is 0 Å². The number of nitrogens with zero attached hydrogens (tertiary/aromatic N) is 2. The van der Waals surface area contributed by atoms with E-state index in [0.29, 0.717) is 0 Å². The van der Waals surface area contributed by atoms with Crippen molar-refractivity contribution in [2.24, 2.45) is 5.92 Å². The van der Waals surface area contributed by atoms with Crippen molar-refractivity contribution in [2.45, 2.75) is 46.0 Å². The molecule has 0 bridgehead atoms. The summed E-state index contributed by atoms with van der Waals surface area (Å²) in [6, 6.07) is 0. The van der Waals surface area contributed by atoms with Gasteiger partial charge in [-0.25, -0.2) is 9.97 Å². The summed E-state index contributed by atoms with van der Waals surface area (Å²) < 4.78 is 0. The molecule has 1 aromatic rings. The highest BCUT2D eigenvalue weighted by Crippen LogP contribution is 2.29. The van der Waals surface area contributed by atoms with Crippen molar-refractivity contribution < 1.29 is 0 Å². The Labute approximate surface area is 110 Å². The monoisotopic (exact) mass is 248 g/mol. The van der Waals surface area contributed by atoms with Gasteiger partial charge in [0.15, 0.2) is 0 Å². The molecule has 4 heteroatoms. The average Bonchev–Trinajstić information content (AvgIpc) is 2.34. The summed E-state index contributed by atoms with van der Waals surface area (Å²) in [6.45, 7) is 5.17. The molecule has 1 aromatic heterocycles. The molecule has 18 heavy (non-hydrogen) atoms. The van der Waals surface area contributed by atoms with Crippen molar-refractivity contribution >= 4 is 11.6 Å². The van der Waals surface area contributed by atoms with Crippen LogP contribution in [0.3, 0.4) is 0 Å². The number of hydrogen-bond donors (Lipinski definition) is 2. The molecule has 0 radical (unpaired) electrons. The van der Waals surface area contributed by atoms with Gasteiger partial charge in [0, 0.05) is 25.6 Å². The Morgan fingerprint density at radius 3 is 2.50 bits per heavy atom. The molecule has 100 valence electrons. The molecule has 0 aromatic carbocycles. The summed E-state index contributed by atoms with van der Waals surface area (Å²) in [7, 11) is 1.91. The van der Waals surface area contributed by atoms with Gasteiger partial charge in [-0.15, -0.1) is 0 Å². The highest BCUT2D eigenvalue weighted by Gasteiger charge is 2.17. The number of anilines is 2. The van der Waals surface area contributed by atoms with Gasteiger partial charge in [0.25, 0.3) is 0 Å². The second-order valence-corrected chi connectivity index (χ2v) is 5.08. The van der Waals surface area contributed by atoms with Crippen molar-refractivity contribution in [3.8, 4) is 0 Å². The van der Waals surface area contributed by atoms with Gasteiger partial charge in [0.2, 0.25) is 0 Å². The van der Waals surface area contributed by atoms with Crippen molar-refractivity contribution in [2.75, 3.05) is 24.2 Å². The van der Waals surface area contributed by atoms with Crippen LogP contribution in [-0.4, -0.2) is 23.6 Å². The van der Waals surface area contributed by atoms with E-state index in [4.69, 9.17) is 0 Å². The van der Waals surface area contributed by atoms with E-state index < -0.39 is 0 Å². The first-order valence-electron chi connectivity index (χ1n) is 7.03. The third-order valence-corrected chi connectivity index (χ3v) is 3.81. The molecule has 1 fully saturated rings. The fourth-order valence-electron chi connectivity index (χ4n) is 2.31. The minimum absolute atomic E-state index is 0.867. The van der Waals surface area contributed by atoms with Crippen LogP contribution in [-0.2, 0) is 6.42 Å². The number of nitrogens with one attached hydrogen (secondary N) is 2. The molecule has 0 spiro atoms. The van der Waals surface area contributed by atoms with Gasteiger partial charge in [0.1, 0.15) is 17.5 Å². The zero-order valence-electron chi connectivity index (χ0n) is 11.7. The van der Waals surface area contributed by atoms with E-state index in [1.165, 1.54) is 25.7 Å². The lowest BCUT2D eigenvalue weighted by atomic mass is 9.83. The van der Waals surface area contributed by atoms with Gasteiger partial charge < -0.3 is 10.6 Å². The number of aromatic nitrogens is 2. The first kappa shape index (κ1) is 13.1. The lowest BCUT2D eigenvalue weighted by molar-refractivity contribution is 0.303. The average molecular weight is 248 g/mol. The number of rotatable bonds is 6. The maximum Gasteiger partial charge on any atom is 0.134 e. The zero-order chi connectivity index (χ0) is 13.0. The van der Waals surface area contributed by atoms with Gasteiger partial charge in [-0.2, -0.15) is 0 Å². The highest BCUT2D eigenvalue weighted by molar-refractivity contribution is 5.56. The van der Waals surface area contributed by atoms with Crippen LogP contribution in [0.15, 0.2) is 0 Å². The lowest BCUT2D eigenvalue weighted by Gasteiger charge is -2.25. The largest absolute Gasteiger partial charge is 0.373 e. The summed E-state index contributed by atoms with van der Waals surface area (Å²) >= 11 is 0. The molecule has 0 amide bonds. The highest BCUT2D eigenvalue weighted by atomic mass is 15.1. The summed E-state index contributed by atoms with van der Waals surface area (Å²) in [5, 5.41) is 6.61. The van der Waals surface area contributed by atoms with Crippen LogP contribution in [0, 0.1) is 12.8 Å². The second-order valence-electron chi connectivity index (χ2n) is 5.08. The van der Waals surface area contributed by atoms with E-state index >= 15 is 0 Å². The van der Waals surface area contributed by atoms with E-state index in [-0.39, 0.29) is 0 Å². The fraction of sp³-hybridized carbons (Fsp3) is 0.714. The standard InChI is InChI=1S/C14H24N4/c1-4-12-17-13(15-3)10(2)14(18-12)16-9-8-11-6-5-7-11/h11H,4-9H2,1-3H3,(H2,15,16,17,18). The molecule has 1 heterocycles. The molecule has 4 nitrogen and oxygen atoms in total. The topological polar surface area (TPSA) is 49.8 Å². The minimum Gasteiger partial charge on any atom is -0.373 e. The molecule has 0 aliphatic heterocycles. The second kappa shape index (κ2) is 6.03. The van der Waals surface area contributed by atoms with Crippen molar-refractivity contribution in [3.63, 3.8) is 0 Å². The molecular weight excluding hydrogens is 224 g/mol. The fourth-order valence-corrected chi connectivity index (χ4v) is 2.31. The predicted molar refractivity (Wildman–Crippen MR) is 76.1 cm³/mol. The summed E-state index contributed by atoms with van der Waals surface area (Å²) in [5.41, 5.74) is 1.11. The number of aryl methyl sites for hydroxylation is 1. The van der Waals surface area contributed by atoms with Crippen LogP contribution in [0.4, 0.5) is 11.6 Å². The van der Waals surface area contributed by atoms with Crippen LogP contribution in [0.1, 0.15) is 44.0 Å². The smallest absolute Gasteiger partial charge is 0.134 e. The van der Waals surface area contributed by atoms with Crippen molar-refractivity contribution in [1.29, 1.82) is 0 Å². The van der Waals surface area contributed by atoms with Crippen LogP contribution < -0.4 is 10.6 Å². The van der Waals surface area contributed by atoms with Crippen molar-refractivity contribution in [1.82, 2.24) is 9.97 Å². The Bertz CT molecular complexity index is 399. The van der Waals surface area contributed by atoms with Crippen LogP contribution >= 0.6 is 0 Å². The molecule has 0 atom stereocenters. The van der Waals surface area contributed by atoms with Crippen LogP contribution in [0.25, 0.3) is 0 Å². The van der Waals surface area contributed by atoms with E-state index in [0.717, 1.165) is 41.9 Å². The van der Waals surface area contributed by atoms with Crippen molar-refractivity contribution in [3.05, 3.63) is 11.4 Å². The molecule has 1 aliphatic carbocycles. The Hall–Kier alpha value is -1.32. The lowest BCUT2D eigenvalue weighted by Crippen LogP contribution is -2.17. The number of hydrogen-bond acceptors (Lipinski definition) is 4. The molecule has 0 saturated heterocycles. The normalized spacial score (nSPS) is 15.3. The summed E-state index contributed by atoms with van der Waals surface area (Å²) in [5.74, 6) is 3.77. The Balaban J connectivity index is 2.00. The molecular formula is C14H24N4. The van der Waals surface area contributed by atoms with E-state index in [2.05, 4.69) is 34.4 Å². The first-order chi connectivity index (χ1) is 8.74. The third-order valence-electron chi connectivity index (χ3n) is 3.81. The molecule has 2 rings (SSSR count). The third kappa shape index (κ3) is 2.92. The molecule has 2 N–H and O–H groups in total. The van der Waals surface area contributed by atoms with Gasteiger partial charge in [-0.3, -0.25) is 0 Å². The van der Waals surface area contributed by atoms with Crippen LogP contribution in [0.5, 0.6) is 0 Å². The predicted octanol–water partition coefficient (Wildman–Crippen LogP) is 2.99. The maximum atomic E-state index is 4.58. The molecule has 1 aliphatic rings. The quantitative estimate of drug-likeness (QED) is 0.812. The zero-order valence-corrected chi connectivity index (χ0v) is 11.7. The van der Waals surface area contributed by atoms with Crippen LogP contribution in [0.2, 0.25) is 0 Å². The molecule has 1 saturated carbocycles. The van der Waals surface area contributed by atoms with E-state index in [1.54, 1.807) is 0 Å². The SMILES string of the molecule is CCc1nc(NC)c(C)c(NCCC2CCC2)n1. The first-order valence-corrected chi connectivity index (χ1v) is 7.03. The summed E-state index contributed by atoms with van der Waals surface area (Å²) in [6.07, 6.45) is 6.37. The van der Waals surface area contributed by atoms with E-state index in [9.17, 15) is 0 Å². The van der Waals surface area contributed by atoms with Gasteiger partial charge in [-0.05, 0) is 19.3 Å². The molecule has 0 unspecified atom stereocenters. The van der Waals surface area contributed by atoms with Gasteiger partial charge in [-0.1, -0.05) is 26.2 Å². The van der Waals surface area contributed by atoms with E-state index in [1.807, 2.05) is 7.05 Å². The van der Waals surface area contributed by atoms with Gasteiger partial charge >= 0.3 is 0 Å². The Morgan fingerprint density at radius 1 is 1.22 bits per heavy atom. The maximum absolute atomic E-state index is 4.58.